The molecule has 27 heavy (non-hydrogen) atoms. The Bertz CT molecular complexity index is 577. The fourth-order valence-electron chi connectivity index (χ4n) is 3.36. The van der Waals surface area contributed by atoms with Crippen molar-refractivity contribution in [2.24, 2.45) is 10.4 Å². The molecule has 8 heteroatoms. The van der Waals surface area contributed by atoms with Crippen molar-refractivity contribution in [2.45, 2.75) is 71.8 Å². The van der Waals surface area contributed by atoms with Crippen LogP contribution >= 0.6 is 24.0 Å². The second-order valence-electron chi connectivity index (χ2n) is 8.20. The Labute approximate surface area is 180 Å². The summed E-state index contributed by atoms with van der Waals surface area (Å²) in [5.41, 5.74) is 0.179. The highest BCUT2D eigenvalue weighted by atomic mass is 127. The molecule has 1 fully saturated rings. The average molecular weight is 493 g/mol. The van der Waals surface area contributed by atoms with Crippen LogP contribution in [0.2, 0.25) is 0 Å². The molecule has 0 bridgehead atoms. The van der Waals surface area contributed by atoms with E-state index >= 15 is 0 Å². The molecule has 0 unspecified atom stereocenters. The molecule has 0 amide bonds. The van der Waals surface area contributed by atoms with Crippen molar-refractivity contribution in [1.29, 1.82) is 0 Å². The molecule has 1 saturated carbocycles. The highest BCUT2D eigenvalue weighted by Gasteiger charge is 2.33. The minimum absolute atomic E-state index is 0. The van der Waals surface area contributed by atoms with Crippen LogP contribution in [0.15, 0.2) is 9.52 Å². The van der Waals surface area contributed by atoms with Gasteiger partial charge in [-0.15, -0.1) is 24.0 Å². The first-order valence-electron chi connectivity index (χ1n) is 9.74. The Kier molecular flexibility index (Phi) is 10.0. The molecule has 2 rings (SSSR count). The van der Waals surface area contributed by atoms with E-state index in [1.54, 1.807) is 7.05 Å². The zero-order chi connectivity index (χ0) is 19.0. The molecule has 0 spiro atoms. The van der Waals surface area contributed by atoms with E-state index in [1.807, 2.05) is 6.92 Å². The van der Waals surface area contributed by atoms with Gasteiger partial charge in [0.25, 0.3) is 0 Å². The van der Waals surface area contributed by atoms with Crippen LogP contribution in [-0.2, 0) is 16.7 Å². The summed E-state index contributed by atoms with van der Waals surface area (Å²) in [5.74, 6) is 2.07. The summed E-state index contributed by atoms with van der Waals surface area (Å²) in [4.78, 5) is 8.77. The maximum atomic E-state index is 5.59. The lowest BCUT2D eigenvalue weighted by Gasteiger charge is -2.30. The average Bonchev–Trinajstić information content (AvgIpc) is 3.25. The lowest BCUT2D eigenvalue weighted by atomic mass is 9.83. The smallest absolute Gasteiger partial charge is 0.232 e. The van der Waals surface area contributed by atoms with Gasteiger partial charge < -0.3 is 19.9 Å². The minimum atomic E-state index is -0.138. The zero-order valence-electron chi connectivity index (χ0n) is 17.4. The first kappa shape index (κ1) is 24.1. The van der Waals surface area contributed by atoms with Gasteiger partial charge in [0, 0.05) is 32.2 Å². The molecular weight excluding hydrogens is 457 g/mol. The van der Waals surface area contributed by atoms with E-state index < -0.39 is 0 Å². The Balaban J connectivity index is 0.00000364. The molecule has 0 saturated heterocycles. The molecule has 1 heterocycles. The standard InChI is InChI=1S/C19H35N5O2.HI/c1-6-25-12-11-19(9-7-8-10-19)14-22-17(20-5)21-13-15-23-16(26-24-15)18(2,3)4;/h6-14H2,1-5H3,(H2,20,21,22);1H. The number of rotatable bonds is 8. The number of nitrogens with zero attached hydrogens (tertiary/aromatic N) is 3. The quantitative estimate of drug-likeness (QED) is 0.249. The van der Waals surface area contributed by atoms with E-state index in [4.69, 9.17) is 9.26 Å². The van der Waals surface area contributed by atoms with Gasteiger partial charge in [-0.25, -0.2) is 0 Å². The number of nitrogens with one attached hydrogen (secondary N) is 2. The van der Waals surface area contributed by atoms with E-state index in [9.17, 15) is 0 Å². The molecule has 0 atom stereocenters. The topological polar surface area (TPSA) is 84.6 Å². The molecule has 0 radical (unpaired) electrons. The molecule has 7 nitrogen and oxygen atoms in total. The molecule has 1 aliphatic carbocycles. The van der Waals surface area contributed by atoms with Gasteiger partial charge in [-0.3, -0.25) is 4.99 Å². The van der Waals surface area contributed by atoms with E-state index in [2.05, 4.69) is 46.5 Å². The largest absolute Gasteiger partial charge is 0.382 e. The van der Waals surface area contributed by atoms with E-state index in [0.717, 1.165) is 32.1 Å². The molecule has 156 valence electrons. The van der Waals surface area contributed by atoms with Crippen LogP contribution in [0.5, 0.6) is 0 Å². The van der Waals surface area contributed by atoms with Crippen LogP contribution in [-0.4, -0.2) is 42.9 Å². The second-order valence-corrected chi connectivity index (χ2v) is 8.20. The summed E-state index contributed by atoms with van der Waals surface area (Å²) in [5, 5.41) is 10.8. The van der Waals surface area contributed by atoms with Crippen LogP contribution in [0.3, 0.4) is 0 Å². The maximum Gasteiger partial charge on any atom is 0.232 e. The number of guanidine groups is 1. The van der Waals surface area contributed by atoms with Crippen molar-refractivity contribution in [3.8, 4) is 0 Å². The SMILES string of the molecule is CCOCCC1(CNC(=NC)NCc2noc(C(C)(C)C)n2)CCCC1.I. The van der Waals surface area contributed by atoms with Gasteiger partial charge in [-0.2, -0.15) is 4.98 Å². The Hall–Kier alpha value is -0.900. The van der Waals surface area contributed by atoms with Gasteiger partial charge in [0.15, 0.2) is 11.8 Å². The summed E-state index contributed by atoms with van der Waals surface area (Å²) < 4.78 is 10.9. The number of aromatic nitrogens is 2. The summed E-state index contributed by atoms with van der Waals surface area (Å²) in [7, 11) is 1.79. The molecular formula is C19H36IN5O2. The fraction of sp³-hybridized carbons (Fsp3) is 0.842. The van der Waals surface area contributed by atoms with E-state index in [0.29, 0.717) is 23.7 Å². The van der Waals surface area contributed by atoms with Gasteiger partial charge >= 0.3 is 0 Å². The molecule has 0 aromatic carbocycles. The maximum absolute atomic E-state index is 5.59. The number of halogens is 1. The van der Waals surface area contributed by atoms with Crippen molar-refractivity contribution in [1.82, 2.24) is 20.8 Å². The molecule has 1 aromatic heterocycles. The number of ether oxygens (including phenoxy) is 1. The normalized spacial score (nSPS) is 16.9. The van der Waals surface area contributed by atoms with Crippen LogP contribution in [0.1, 0.15) is 71.5 Å². The van der Waals surface area contributed by atoms with E-state index in [-0.39, 0.29) is 29.4 Å². The van der Waals surface area contributed by atoms with Crippen molar-refractivity contribution < 1.29 is 9.26 Å². The van der Waals surface area contributed by atoms with Crippen LogP contribution in [0.4, 0.5) is 0 Å². The molecule has 1 aliphatic rings. The monoisotopic (exact) mass is 493 g/mol. The van der Waals surface area contributed by atoms with Crippen molar-refractivity contribution in [2.75, 3.05) is 26.8 Å². The Morgan fingerprint density at radius 2 is 1.96 bits per heavy atom. The summed E-state index contributed by atoms with van der Waals surface area (Å²) in [6, 6.07) is 0. The van der Waals surface area contributed by atoms with Crippen LogP contribution in [0, 0.1) is 5.41 Å². The van der Waals surface area contributed by atoms with Gasteiger partial charge in [0.2, 0.25) is 5.89 Å². The number of aliphatic imine (C=N–C) groups is 1. The van der Waals surface area contributed by atoms with Gasteiger partial charge in [-0.1, -0.05) is 38.8 Å². The zero-order valence-corrected chi connectivity index (χ0v) is 19.8. The first-order valence-corrected chi connectivity index (χ1v) is 9.74. The predicted molar refractivity (Wildman–Crippen MR) is 119 cm³/mol. The lowest BCUT2D eigenvalue weighted by Crippen LogP contribution is -2.43. The molecule has 0 aliphatic heterocycles. The molecule has 2 N–H and O–H groups in total. The highest BCUT2D eigenvalue weighted by molar-refractivity contribution is 14.0. The third-order valence-electron chi connectivity index (χ3n) is 5.02. The van der Waals surface area contributed by atoms with Gasteiger partial charge in [-0.05, 0) is 31.6 Å². The van der Waals surface area contributed by atoms with Crippen molar-refractivity contribution >= 4 is 29.9 Å². The van der Waals surface area contributed by atoms with Gasteiger partial charge in [0.1, 0.15) is 0 Å². The number of hydrogen-bond acceptors (Lipinski definition) is 5. The summed E-state index contributed by atoms with van der Waals surface area (Å²) >= 11 is 0. The fourth-order valence-corrected chi connectivity index (χ4v) is 3.36. The summed E-state index contributed by atoms with van der Waals surface area (Å²) in [6.45, 7) is 11.2. The predicted octanol–water partition coefficient (Wildman–Crippen LogP) is 3.64. The van der Waals surface area contributed by atoms with Crippen LogP contribution in [0.25, 0.3) is 0 Å². The third-order valence-corrected chi connectivity index (χ3v) is 5.02. The minimum Gasteiger partial charge on any atom is -0.382 e. The Morgan fingerprint density at radius 1 is 1.26 bits per heavy atom. The number of hydrogen-bond donors (Lipinski definition) is 2. The van der Waals surface area contributed by atoms with Gasteiger partial charge in [0.05, 0.1) is 6.54 Å². The van der Waals surface area contributed by atoms with Crippen LogP contribution < -0.4 is 10.6 Å². The van der Waals surface area contributed by atoms with Crippen molar-refractivity contribution in [3.63, 3.8) is 0 Å². The molecule has 1 aromatic rings. The lowest BCUT2D eigenvalue weighted by molar-refractivity contribution is 0.105. The highest BCUT2D eigenvalue weighted by Crippen LogP contribution is 2.40. The first-order chi connectivity index (χ1) is 12.4. The second kappa shape index (κ2) is 11.2. The Morgan fingerprint density at radius 3 is 2.52 bits per heavy atom. The third kappa shape index (κ3) is 7.56. The van der Waals surface area contributed by atoms with Crippen molar-refractivity contribution in [3.05, 3.63) is 11.7 Å². The summed E-state index contributed by atoms with van der Waals surface area (Å²) in [6.07, 6.45) is 6.22. The van der Waals surface area contributed by atoms with E-state index in [1.165, 1.54) is 25.7 Å².